The molecule has 0 spiro atoms. The van der Waals surface area contributed by atoms with Gasteiger partial charge in [0.05, 0.1) is 7.11 Å². The van der Waals surface area contributed by atoms with Crippen molar-refractivity contribution in [2.75, 3.05) is 13.7 Å². The predicted octanol–water partition coefficient (Wildman–Crippen LogP) is 3.18. The third-order valence-electron chi connectivity index (χ3n) is 5.90. The van der Waals surface area contributed by atoms with Crippen molar-refractivity contribution in [2.24, 2.45) is 11.8 Å². The Morgan fingerprint density at radius 2 is 2.18 bits per heavy atom. The number of phenolic OH excluding ortho intramolecular Hbond substituents is 1. The van der Waals surface area contributed by atoms with Crippen LogP contribution in [0.25, 0.3) is 0 Å². The number of benzene rings is 1. The topological polar surface area (TPSA) is 41.5 Å². The molecule has 0 amide bonds. The van der Waals surface area contributed by atoms with Crippen LogP contribution in [0.1, 0.15) is 24.5 Å². The molecule has 1 aromatic rings. The van der Waals surface area contributed by atoms with Gasteiger partial charge in [-0.3, -0.25) is 0 Å². The monoisotopic (exact) mass is 411 g/mol. The van der Waals surface area contributed by atoms with E-state index in [0.29, 0.717) is 33.3 Å². The van der Waals surface area contributed by atoms with Crippen molar-refractivity contribution in [1.29, 1.82) is 0 Å². The lowest BCUT2D eigenvalue weighted by molar-refractivity contribution is 0.140. The van der Waals surface area contributed by atoms with Crippen molar-refractivity contribution in [2.45, 2.75) is 35.1 Å². The van der Waals surface area contributed by atoms with Gasteiger partial charge in [0.15, 0.2) is 11.5 Å². The minimum absolute atomic E-state index is 0.0247. The molecule has 0 radical (unpaired) electrons. The Morgan fingerprint density at radius 3 is 2.95 bits per heavy atom. The summed E-state index contributed by atoms with van der Waals surface area (Å²) in [6.07, 6.45) is 6.83. The van der Waals surface area contributed by atoms with Crippen LogP contribution in [0, 0.1) is 11.8 Å². The Balaban J connectivity index is 2.01. The smallest absolute Gasteiger partial charge is 0.161 e. The highest BCUT2D eigenvalue weighted by atomic mass is 127. The molecule has 3 nitrogen and oxygen atoms in total. The van der Waals surface area contributed by atoms with Gasteiger partial charge >= 0.3 is 0 Å². The maximum atomic E-state index is 10.9. The molecule has 1 saturated heterocycles. The van der Waals surface area contributed by atoms with Crippen molar-refractivity contribution in [3.63, 3.8) is 0 Å². The van der Waals surface area contributed by atoms with Gasteiger partial charge in [-0.1, -0.05) is 47.7 Å². The molecule has 2 bridgehead atoms. The van der Waals surface area contributed by atoms with Crippen molar-refractivity contribution in [3.05, 3.63) is 35.4 Å². The number of alkyl halides is 1. The van der Waals surface area contributed by atoms with Crippen LogP contribution in [0.15, 0.2) is 24.3 Å². The van der Waals surface area contributed by atoms with E-state index in [9.17, 15) is 5.11 Å². The minimum Gasteiger partial charge on any atom is -0.504 e. The molecule has 1 aliphatic heterocycles. The molecule has 1 heterocycles. The summed E-state index contributed by atoms with van der Waals surface area (Å²) < 4.78 is 5.89. The van der Waals surface area contributed by atoms with Crippen LogP contribution < -0.4 is 10.1 Å². The van der Waals surface area contributed by atoms with Crippen LogP contribution >= 0.6 is 22.6 Å². The number of aromatic hydroxyl groups is 1. The number of piperidine rings is 1. The van der Waals surface area contributed by atoms with Gasteiger partial charge in [-0.2, -0.15) is 0 Å². The largest absolute Gasteiger partial charge is 0.504 e. The number of allylic oxidation sites excluding steroid dienone is 1. The van der Waals surface area contributed by atoms with E-state index >= 15 is 0 Å². The van der Waals surface area contributed by atoms with Crippen molar-refractivity contribution >= 4 is 22.6 Å². The van der Waals surface area contributed by atoms with Crippen LogP contribution in [0.5, 0.6) is 11.5 Å². The molecule has 2 aliphatic carbocycles. The molecule has 3 aliphatic rings. The summed E-state index contributed by atoms with van der Waals surface area (Å²) >= 11 is 2.62. The maximum Gasteiger partial charge on any atom is 0.161 e. The summed E-state index contributed by atoms with van der Waals surface area (Å²) in [4.78, 5) is 0. The molecule has 4 heteroatoms. The predicted molar refractivity (Wildman–Crippen MR) is 96.1 cm³/mol. The fourth-order valence-electron chi connectivity index (χ4n) is 4.94. The number of rotatable bonds is 1. The van der Waals surface area contributed by atoms with E-state index in [1.165, 1.54) is 5.56 Å². The van der Waals surface area contributed by atoms with Crippen LogP contribution in [-0.4, -0.2) is 28.7 Å². The lowest BCUT2D eigenvalue weighted by Gasteiger charge is -2.57. The molecule has 2 N–H and O–H groups in total. The highest BCUT2D eigenvalue weighted by Crippen LogP contribution is 2.58. The lowest BCUT2D eigenvalue weighted by atomic mass is 9.53. The number of hydrogen-bond acceptors (Lipinski definition) is 3. The first-order valence-corrected chi connectivity index (χ1v) is 9.29. The summed E-state index contributed by atoms with van der Waals surface area (Å²) in [5, 5.41) is 14.6. The summed E-state index contributed by atoms with van der Waals surface area (Å²) in [7, 11) is 1.63. The van der Waals surface area contributed by atoms with E-state index in [1.54, 1.807) is 7.11 Å². The summed E-state index contributed by atoms with van der Waals surface area (Å²) in [5.74, 6) is 1.96. The molecule has 1 aromatic carbocycles. The van der Waals surface area contributed by atoms with Gasteiger partial charge in [0.1, 0.15) is 0 Å². The Morgan fingerprint density at radius 1 is 1.36 bits per heavy atom. The second kappa shape index (κ2) is 5.13. The molecule has 0 saturated carbocycles. The number of phenols is 1. The van der Waals surface area contributed by atoms with Crippen molar-refractivity contribution in [1.82, 2.24) is 5.32 Å². The molecule has 118 valence electrons. The molecule has 5 atom stereocenters. The molecular weight excluding hydrogens is 389 g/mol. The van der Waals surface area contributed by atoms with E-state index in [2.05, 4.69) is 53.0 Å². The summed E-state index contributed by atoms with van der Waals surface area (Å²) in [6, 6.07) is 4.54. The number of halogens is 1. The molecular formula is C18H22INO2. The van der Waals surface area contributed by atoms with Crippen LogP contribution in [0.4, 0.5) is 0 Å². The fraction of sp³-hybridized carbons (Fsp3) is 0.556. The van der Waals surface area contributed by atoms with Crippen molar-refractivity contribution < 1.29 is 9.84 Å². The Kier molecular flexibility index (Phi) is 3.45. The van der Waals surface area contributed by atoms with Gasteiger partial charge in [0.25, 0.3) is 0 Å². The third-order valence-corrected chi connectivity index (χ3v) is 8.15. The fourth-order valence-corrected chi connectivity index (χ4v) is 6.22. The Hall–Kier alpha value is -0.750. The zero-order chi connectivity index (χ0) is 15.5. The standard InChI is InChI=1S/C18H22INO2/c1-10-3-5-12-13-9-11-4-6-14(22-2)16(21)15(11)18(12,17(10)19)7-8-20-13/h3-6,10,12-13,17,20-21H,7-9H2,1-2H3/t10-,12?,13+,17-,18-/m0/s1. The number of ether oxygens (including phenoxy) is 1. The van der Waals surface area contributed by atoms with Gasteiger partial charge in [0, 0.05) is 26.9 Å². The van der Waals surface area contributed by atoms with E-state index in [1.807, 2.05) is 6.07 Å². The average Bonchev–Trinajstić information content (AvgIpc) is 2.51. The van der Waals surface area contributed by atoms with Crippen LogP contribution in [0.3, 0.4) is 0 Å². The first-order chi connectivity index (χ1) is 10.6. The average molecular weight is 411 g/mol. The zero-order valence-electron chi connectivity index (χ0n) is 13.0. The molecule has 4 rings (SSSR count). The number of methoxy groups -OCH3 is 1. The molecule has 1 unspecified atom stereocenters. The van der Waals surface area contributed by atoms with Gasteiger partial charge in [-0.15, -0.1) is 0 Å². The van der Waals surface area contributed by atoms with Gasteiger partial charge in [0.2, 0.25) is 0 Å². The molecule has 1 fully saturated rings. The lowest BCUT2D eigenvalue weighted by Crippen LogP contribution is -2.63. The SMILES string of the molecule is COc1ccc2c(c1O)[C@]13CCN[C@H](C2)C1C=C[C@H](C)[C@@H]3I. The van der Waals surface area contributed by atoms with Crippen LogP contribution in [0.2, 0.25) is 0 Å². The second-order valence-corrected chi connectivity index (χ2v) is 8.22. The van der Waals surface area contributed by atoms with Crippen molar-refractivity contribution in [3.8, 4) is 11.5 Å². The number of hydrogen-bond donors (Lipinski definition) is 2. The molecule has 0 aromatic heterocycles. The normalized spacial score (nSPS) is 39.0. The number of fused-ring (bicyclic) bond motifs is 1. The van der Waals surface area contributed by atoms with Gasteiger partial charge in [-0.25, -0.2) is 0 Å². The highest BCUT2D eigenvalue weighted by molar-refractivity contribution is 14.1. The first-order valence-electron chi connectivity index (χ1n) is 8.04. The Bertz CT molecular complexity index is 644. The summed E-state index contributed by atoms with van der Waals surface area (Å²) in [5.41, 5.74) is 2.47. The first kappa shape index (κ1) is 14.8. The Labute approximate surface area is 145 Å². The maximum absolute atomic E-state index is 10.9. The van der Waals surface area contributed by atoms with Gasteiger partial charge < -0.3 is 15.2 Å². The number of nitrogens with one attached hydrogen (secondary N) is 1. The highest BCUT2D eigenvalue weighted by Gasteiger charge is 2.57. The van der Waals surface area contributed by atoms with E-state index < -0.39 is 0 Å². The minimum atomic E-state index is 0.0247. The third kappa shape index (κ3) is 1.77. The zero-order valence-corrected chi connectivity index (χ0v) is 15.1. The quantitative estimate of drug-likeness (QED) is 0.424. The molecule has 22 heavy (non-hydrogen) atoms. The van der Waals surface area contributed by atoms with Gasteiger partial charge in [-0.05, 0) is 36.9 Å². The van der Waals surface area contributed by atoms with E-state index in [4.69, 9.17) is 4.74 Å². The van der Waals surface area contributed by atoms with E-state index in [-0.39, 0.29) is 5.41 Å². The van der Waals surface area contributed by atoms with Crippen LogP contribution in [-0.2, 0) is 11.8 Å². The second-order valence-electron chi connectivity index (χ2n) is 6.88. The summed E-state index contributed by atoms with van der Waals surface area (Å²) in [6.45, 7) is 3.32. The van der Waals surface area contributed by atoms with E-state index in [0.717, 1.165) is 24.9 Å².